The number of methoxy groups -OCH3 is 1. The second-order valence-electron chi connectivity index (χ2n) is 7.73. The molecule has 1 atom stereocenters. The third kappa shape index (κ3) is 4.90. The lowest BCUT2D eigenvalue weighted by atomic mass is 10.0. The average Bonchev–Trinajstić information content (AvgIpc) is 3.29. The molecular weight excluding hydrogens is 411 g/mol. The van der Waals surface area contributed by atoms with Gasteiger partial charge in [0.15, 0.2) is 11.6 Å². The molecule has 1 fully saturated rings. The first-order chi connectivity index (χ1) is 15.6. The van der Waals surface area contributed by atoms with E-state index in [0.29, 0.717) is 11.8 Å². The quantitative estimate of drug-likeness (QED) is 0.399. The fourth-order valence-corrected chi connectivity index (χ4v) is 4.03. The van der Waals surface area contributed by atoms with Gasteiger partial charge in [0, 0.05) is 18.2 Å². The van der Waals surface area contributed by atoms with E-state index < -0.39 is 11.7 Å². The lowest BCUT2D eigenvalue weighted by molar-refractivity contribution is 0.0706. The van der Waals surface area contributed by atoms with Crippen molar-refractivity contribution in [2.24, 2.45) is 0 Å². The van der Waals surface area contributed by atoms with Crippen LogP contribution in [0.15, 0.2) is 66.7 Å². The molecule has 166 valence electrons. The van der Waals surface area contributed by atoms with Crippen LogP contribution in [-0.2, 0) is 6.54 Å². The molecule has 7 heteroatoms. The highest BCUT2D eigenvalue weighted by Gasteiger charge is 2.26. The summed E-state index contributed by atoms with van der Waals surface area (Å²) in [5.41, 5.74) is 3.92. The van der Waals surface area contributed by atoms with Crippen molar-refractivity contribution in [3.63, 3.8) is 0 Å². The first-order valence-electron chi connectivity index (χ1n) is 10.5. The monoisotopic (exact) mass is 436 g/mol. The van der Waals surface area contributed by atoms with Crippen molar-refractivity contribution in [1.82, 2.24) is 10.4 Å². The third-order valence-electron chi connectivity index (χ3n) is 5.70. The summed E-state index contributed by atoms with van der Waals surface area (Å²) in [6.45, 7) is 1.85. The Morgan fingerprint density at radius 3 is 2.47 bits per heavy atom. The fraction of sp³-hybridized carbons (Fsp3) is 0.240. The first kappa shape index (κ1) is 21.8. The number of hydrogen-bond donors (Lipinski definition) is 2. The molecule has 1 heterocycles. The lowest BCUT2D eigenvalue weighted by Crippen LogP contribution is -2.22. The van der Waals surface area contributed by atoms with Crippen LogP contribution >= 0.6 is 0 Å². The number of benzene rings is 3. The summed E-state index contributed by atoms with van der Waals surface area (Å²) in [5.74, 6) is -0.104. The van der Waals surface area contributed by atoms with Crippen molar-refractivity contribution >= 4 is 5.91 Å². The number of likely N-dealkylation sites (tertiary alicyclic amines) is 1. The summed E-state index contributed by atoms with van der Waals surface area (Å²) in [7, 11) is 1.67. The summed E-state index contributed by atoms with van der Waals surface area (Å²) in [4.78, 5) is 13.8. The number of carbonyl (C=O) groups is 1. The van der Waals surface area contributed by atoms with E-state index in [9.17, 15) is 9.18 Å². The topological polar surface area (TPSA) is 71.0 Å². The molecule has 0 aromatic heterocycles. The summed E-state index contributed by atoms with van der Waals surface area (Å²) < 4.78 is 25.1. The number of halogens is 1. The number of hydroxylamine groups is 1. The van der Waals surface area contributed by atoms with Crippen molar-refractivity contribution in [3.8, 4) is 17.2 Å². The van der Waals surface area contributed by atoms with Gasteiger partial charge in [-0.3, -0.25) is 14.9 Å². The van der Waals surface area contributed by atoms with Crippen LogP contribution in [0.4, 0.5) is 4.39 Å². The maximum Gasteiger partial charge on any atom is 0.274 e. The number of nitrogens with one attached hydrogen (secondary N) is 1. The van der Waals surface area contributed by atoms with Crippen molar-refractivity contribution in [2.75, 3.05) is 13.7 Å². The summed E-state index contributed by atoms with van der Waals surface area (Å²) in [6, 6.07) is 20.0. The zero-order valence-corrected chi connectivity index (χ0v) is 17.8. The second kappa shape index (κ2) is 9.80. The maximum atomic E-state index is 14.2. The molecule has 0 radical (unpaired) electrons. The highest BCUT2D eigenvalue weighted by atomic mass is 19.1. The van der Waals surface area contributed by atoms with E-state index >= 15 is 0 Å². The van der Waals surface area contributed by atoms with Crippen molar-refractivity contribution in [2.45, 2.75) is 25.4 Å². The Kier molecular flexibility index (Phi) is 6.68. The highest BCUT2D eigenvalue weighted by Crippen LogP contribution is 2.34. The molecule has 0 bridgehead atoms. The van der Waals surface area contributed by atoms with Gasteiger partial charge < -0.3 is 9.47 Å². The van der Waals surface area contributed by atoms with Crippen LogP contribution in [0.25, 0.3) is 0 Å². The molecule has 3 aromatic rings. The first-order valence-corrected chi connectivity index (χ1v) is 10.5. The molecule has 0 aliphatic carbocycles. The van der Waals surface area contributed by atoms with E-state index in [1.54, 1.807) is 7.11 Å². The molecule has 0 spiro atoms. The van der Waals surface area contributed by atoms with Crippen LogP contribution < -0.4 is 15.0 Å². The van der Waals surface area contributed by atoms with Gasteiger partial charge in [0.05, 0.1) is 7.11 Å². The Balaban J connectivity index is 1.41. The van der Waals surface area contributed by atoms with Gasteiger partial charge >= 0.3 is 0 Å². The Hall–Kier alpha value is -3.42. The third-order valence-corrected chi connectivity index (χ3v) is 5.70. The van der Waals surface area contributed by atoms with Gasteiger partial charge in [-0.1, -0.05) is 24.3 Å². The minimum atomic E-state index is -0.783. The van der Waals surface area contributed by atoms with Gasteiger partial charge in [-0.25, -0.2) is 9.87 Å². The van der Waals surface area contributed by atoms with Gasteiger partial charge in [0.1, 0.15) is 11.5 Å². The van der Waals surface area contributed by atoms with E-state index in [2.05, 4.69) is 17.0 Å². The van der Waals surface area contributed by atoms with Crippen molar-refractivity contribution in [1.29, 1.82) is 0 Å². The summed E-state index contributed by atoms with van der Waals surface area (Å²) in [5, 5.41) is 8.65. The van der Waals surface area contributed by atoms with Crippen LogP contribution in [0.2, 0.25) is 0 Å². The lowest BCUT2D eigenvalue weighted by Gasteiger charge is -2.25. The molecule has 0 saturated carbocycles. The molecule has 6 nitrogen and oxygen atoms in total. The van der Waals surface area contributed by atoms with Crippen LogP contribution in [0, 0.1) is 5.82 Å². The zero-order valence-electron chi connectivity index (χ0n) is 17.8. The molecule has 32 heavy (non-hydrogen) atoms. The van der Waals surface area contributed by atoms with Gasteiger partial charge in [-0.2, -0.15) is 0 Å². The standard InChI is InChI=1S/C25H25FN2O4/c1-31-20-11-6-18(7-12-20)23-3-2-14-28(23)16-17-4-9-21(10-5-17)32-24-13-8-19(15-22(24)26)25(29)27-30/h4-13,15,23,30H,2-3,14,16H2,1H3,(H,27,29). The Morgan fingerprint density at radius 1 is 1.09 bits per heavy atom. The smallest absolute Gasteiger partial charge is 0.274 e. The van der Waals surface area contributed by atoms with Gasteiger partial charge in [0.25, 0.3) is 5.91 Å². The SMILES string of the molecule is COc1ccc(C2CCCN2Cc2ccc(Oc3ccc(C(=O)NO)cc3F)cc2)cc1. The highest BCUT2D eigenvalue weighted by molar-refractivity contribution is 5.93. The van der Waals surface area contributed by atoms with Crippen LogP contribution in [-0.4, -0.2) is 29.7 Å². The van der Waals surface area contributed by atoms with Crippen LogP contribution in [0.5, 0.6) is 17.2 Å². The predicted octanol–water partition coefficient (Wildman–Crippen LogP) is 5.08. The van der Waals surface area contributed by atoms with E-state index in [-0.39, 0.29) is 11.3 Å². The van der Waals surface area contributed by atoms with E-state index in [4.69, 9.17) is 14.7 Å². The largest absolute Gasteiger partial charge is 0.497 e. The molecule has 4 rings (SSSR count). The molecular formula is C25H25FN2O4. The predicted molar refractivity (Wildman–Crippen MR) is 118 cm³/mol. The molecule has 1 amide bonds. The van der Waals surface area contributed by atoms with Gasteiger partial charge in [-0.05, 0) is 73.0 Å². The number of hydrogen-bond acceptors (Lipinski definition) is 5. The average molecular weight is 436 g/mol. The second-order valence-corrected chi connectivity index (χ2v) is 7.73. The number of rotatable bonds is 7. The van der Waals surface area contributed by atoms with Gasteiger partial charge in [0.2, 0.25) is 0 Å². The van der Waals surface area contributed by atoms with Crippen molar-refractivity contribution < 1.29 is 23.9 Å². The molecule has 3 aromatic carbocycles. The van der Waals surface area contributed by atoms with Crippen LogP contribution in [0.1, 0.15) is 40.4 Å². The molecule has 1 aliphatic heterocycles. The zero-order chi connectivity index (χ0) is 22.5. The minimum Gasteiger partial charge on any atom is -0.497 e. The molecule has 2 N–H and O–H groups in total. The Morgan fingerprint density at radius 2 is 1.81 bits per heavy atom. The maximum absolute atomic E-state index is 14.2. The summed E-state index contributed by atoms with van der Waals surface area (Å²) in [6.07, 6.45) is 2.28. The molecule has 1 saturated heterocycles. The Bertz CT molecular complexity index is 1070. The fourth-order valence-electron chi connectivity index (χ4n) is 4.03. The number of carbonyl (C=O) groups excluding carboxylic acids is 1. The van der Waals surface area contributed by atoms with Gasteiger partial charge in [-0.15, -0.1) is 0 Å². The molecule has 1 aliphatic rings. The van der Waals surface area contributed by atoms with E-state index in [1.165, 1.54) is 23.2 Å². The van der Waals surface area contributed by atoms with E-state index in [0.717, 1.165) is 43.3 Å². The van der Waals surface area contributed by atoms with Crippen LogP contribution in [0.3, 0.4) is 0 Å². The normalized spacial score (nSPS) is 16.0. The number of nitrogens with zero attached hydrogens (tertiary/aromatic N) is 1. The Labute approximate surface area is 186 Å². The van der Waals surface area contributed by atoms with Crippen molar-refractivity contribution in [3.05, 3.63) is 89.2 Å². The summed E-state index contributed by atoms with van der Waals surface area (Å²) >= 11 is 0. The van der Waals surface area contributed by atoms with E-state index in [1.807, 2.05) is 36.4 Å². The number of ether oxygens (including phenoxy) is 2. The number of amides is 1. The minimum absolute atomic E-state index is 0.00438. The molecule has 1 unspecified atom stereocenters.